The lowest BCUT2D eigenvalue weighted by atomic mass is 10.1. The molecule has 1 N–H and O–H groups in total. The molecule has 0 fully saturated rings. The van der Waals surface area contributed by atoms with Crippen LogP contribution in [0.4, 0.5) is 5.69 Å². The molecule has 0 unspecified atom stereocenters. The fraction of sp³-hybridized carbons (Fsp3) is 0.160. The van der Waals surface area contributed by atoms with Gasteiger partial charge in [0.15, 0.2) is 0 Å². The van der Waals surface area contributed by atoms with E-state index in [1.165, 1.54) is 0 Å². The standard InChI is InChI=1S/C25H23BrN2O3/c1-30-21-10-17(11-22(14-21)31-2)15-28-16-18(23-8-3-4-9-24(23)28)12-25(29)27-20-7-5-6-19(26)13-20/h3-11,13-14,16H,12,15H2,1-2H3,(H,27,29). The lowest BCUT2D eigenvalue weighted by Gasteiger charge is -2.10. The number of aromatic nitrogens is 1. The van der Waals surface area contributed by atoms with E-state index in [4.69, 9.17) is 9.47 Å². The molecule has 0 atom stereocenters. The van der Waals surface area contributed by atoms with Gasteiger partial charge in [-0.2, -0.15) is 0 Å². The Hall–Kier alpha value is -3.25. The number of anilines is 1. The molecular formula is C25H23BrN2O3. The van der Waals surface area contributed by atoms with Gasteiger partial charge in [0.25, 0.3) is 0 Å². The Labute approximate surface area is 189 Å². The molecule has 31 heavy (non-hydrogen) atoms. The summed E-state index contributed by atoms with van der Waals surface area (Å²) in [7, 11) is 3.29. The zero-order valence-corrected chi connectivity index (χ0v) is 19.0. The van der Waals surface area contributed by atoms with Crippen LogP contribution in [-0.4, -0.2) is 24.7 Å². The Balaban J connectivity index is 1.61. The number of rotatable bonds is 7. The number of carbonyl (C=O) groups excluding carboxylic acids is 1. The minimum atomic E-state index is -0.0518. The molecule has 0 aliphatic rings. The third kappa shape index (κ3) is 4.91. The maximum Gasteiger partial charge on any atom is 0.228 e. The number of methoxy groups -OCH3 is 2. The number of para-hydroxylation sites is 1. The average Bonchev–Trinajstić information content (AvgIpc) is 3.10. The van der Waals surface area contributed by atoms with E-state index in [9.17, 15) is 4.79 Å². The number of nitrogens with one attached hydrogen (secondary N) is 1. The van der Waals surface area contributed by atoms with Gasteiger partial charge in [-0.3, -0.25) is 4.79 Å². The maximum atomic E-state index is 12.7. The van der Waals surface area contributed by atoms with Crippen molar-refractivity contribution in [2.75, 3.05) is 19.5 Å². The fourth-order valence-corrected chi connectivity index (χ4v) is 4.09. The van der Waals surface area contributed by atoms with E-state index in [1.807, 2.05) is 54.6 Å². The number of amides is 1. The summed E-state index contributed by atoms with van der Waals surface area (Å²) in [4.78, 5) is 12.7. The number of nitrogens with zero attached hydrogens (tertiary/aromatic N) is 1. The molecule has 1 amide bonds. The molecular weight excluding hydrogens is 456 g/mol. The third-order valence-corrected chi connectivity index (χ3v) is 5.59. The second kappa shape index (κ2) is 9.27. The van der Waals surface area contributed by atoms with E-state index in [0.29, 0.717) is 13.0 Å². The summed E-state index contributed by atoms with van der Waals surface area (Å²) >= 11 is 3.43. The van der Waals surface area contributed by atoms with Gasteiger partial charge in [-0.1, -0.05) is 40.2 Å². The zero-order chi connectivity index (χ0) is 21.8. The fourth-order valence-electron chi connectivity index (χ4n) is 3.69. The molecule has 0 aliphatic carbocycles. The predicted octanol–water partition coefficient (Wildman–Crippen LogP) is 5.65. The van der Waals surface area contributed by atoms with Crippen LogP contribution in [0.5, 0.6) is 11.5 Å². The highest BCUT2D eigenvalue weighted by Gasteiger charge is 2.13. The number of carbonyl (C=O) groups is 1. The highest BCUT2D eigenvalue weighted by molar-refractivity contribution is 9.10. The maximum absolute atomic E-state index is 12.7. The summed E-state index contributed by atoms with van der Waals surface area (Å²) in [5, 5.41) is 4.04. The largest absolute Gasteiger partial charge is 0.497 e. The van der Waals surface area contributed by atoms with Gasteiger partial charge in [-0.05, 0) is 47.5 Å². The van der Waals surface area contributed by atoms with Crippen molar-refractivity contribution in [1.29, 1.82) is 0 Å². The lowest BCUT2D eigenvalue weighted by Crippen LogP contribution is -2.14. The van der Waals surface area contributed by atoms with E-state index in [1.54, 1.807) is 14.2 Å². The second-order valence-corrected chi connectivity index (χ2v) is 8.17. The van der Waals surface area contributed by atoms with Crippen LogP contribution in [0, 0.1) is 0 Å². The monoisotopic (exact) mass is 478 g/mol. The van der Waals surface area contributed by atoms with E-state index >= 15 is 0 Å². The summed E-state index contributed by atoms with van der Waals surface area (Å²) in [6, 6.07) is 21.6. The van der Waals surface area contributed by atoms with Crippen molar-refractivity contribution >= 4 is 38.4 Å². The molecule has 0 saturated heterocycles. The summed E-state index contributed by atoms with van der Waals surface area (Å²) in [5.41, 5.74) is 3.89. The van der Waals surface area contributed by atoms with Gasteiger partial charge in [0.2, 0.25) is 5.91 Å². The van der Waals surface area contributed by atoms with Crippen molar-refractivity contribution < 1.29 is 14.3 Å². The van der Waals surface area contributed by atoms with Crippen LogP contribution < -0.4 is 14.8 Å². The number of halogens is 1. The SMILES string of the molecule is COc1cc(Cn2cc(CC(=O)Nc3cccc(Br)c3)c3ccccc32)cc(OC)c1. The predicted molar refractivity (Wildman–Crippen MR) is 127 cm³/mol. The molecule has 1 heterocycles. The lowest BCUT2D eigenvalue weighted by molar-refractivity contribution is -0.115. The minimum Gasteiger partial charge on any atom is -0.497 e. The van der Waals surface area contributed by atoms with Crippen molar-refractivity contribution in [1.82, 2.24) is 4.57 Å². The van der Waals surface area contributed by atoms with Crippen LogP contribution in [-0.2, 0) is 17.8 Å². The third-order valence-electron chi connectivity index (χ3n) is 5.09. The summed E-state index contributed by atoms with van der Waals surface area (Å²) < 4.78 is 13.9. The molecule has 3 aromatic carbocycles. The molecule has 6 heteroatoms. The molecule has 4 rings (SSSR count). The van der Waals surface area contributed by atoms with Gasteiger partial charge < -0.3 is 19.4 Å². The van der Waals surface area contributed by atoms with Crippen molar-refractivity contribution in [3.63, 3.8) is 0 Å². The number of hydrogen-bond donors (Lipinski definition) is 1. The van der Waals surface area contributed by atoms with Crippen molar-refractivity contribution in [3.8, 4) is 11.5 Å². The van der Waals surface area contributed by atoms with Crippen LogP contribution in [0.1, 0.15) is 11.1 Å². The number of benzene rings is 3. The summed E-state index contributed by atoms with van der Waals surface area (Å²) in [5.74, 6) is 1.45. The smallest absolute Gasteiger partial charge is 0.228 e. The van der Waals surface area contributed by atoms with Crippen LogP contribution in [0.3, 0.4) is 0 Å². The second-order valence-electron chi connectivity index (χ2n) is 7.26. The van der Waals surface area contributed by atoms with Gasteiger partial charge in [0, 0.05) is 39.9 Å². The Bertz CT molecular complexity index is 1210. The van der Waals surface area contributed by atoms with Gasteiger partial charge >= 0.3 is 0 Å². The van der Waals surface area contributed by atoms with Crippen LogP contribution in [0.15, 0.2) is 77.4 Å². The van der Waals surface area contributed by atoms with E-state index in [2.05, 4.69) is 44.1 Å². The molecule has 1 aromatic heterocycles. The first-order valence-electron chi connectivity index (χ1n) is 9.90. The first kappa shape index (κ1) is 21.0. The highest BCUT2D eigenvalue weighted by atomic mass is 79.9. The first-order chi connectivity index (χ1) is 15.1. The van der Waals surface area contributed by atoms with Gasteiger partial charge in [0.05, 0.1) is 20.6 Å². The molecule has 4 aromatic rings. The van der Waals surface area contributed by atoms with Gasteiger partial charge in [0.1, 0.15) is 11.5 Å². The molecule has 0 spiro atoms. The van der Waals surface area contributed by atoms with Crippen molar-refractivity contribution in [2.45, 2.75) is 13.0 Å². The van der Waals surface area contributed by atoms with Crippen molar-refractivity contribution in [2.24, 2.45) is 0 Å². The van der Waals surface area contributed by atoms with E-state index in [-0.39, 0.29) is 5.91 Å². The molecule has 158 valence electrons. The van der Waals surface area contributed by atoms with Crippen LogP contribution >= 0.6 is 15.9 Å². The Morgan fingerprint density at radius 3 is 2.42 bits per heavy atom. The van der Waals surface area contributed by atoms with E-state index in [0.717, 1.165) is 43.7 Å². The summed E-state index contributed by atoms with van der Waals surface area (Å²) in [6.45, 7) is 0.640. The molecule has 0 aliphatic heterocycles. The zero-order valence-electron chi connectivity index (χ0n) is 17.4. The Kier molecular flexibility index (Phi) is 6.28. The minimum absolute atomic E-state index is 0.0518. The number of ether oxygens (including phenoxy) is 2. The Morgan fingerprint density at radius 2 is 1.71 bits per heavy atom. The van der Waals surface area contributed by atoms with Gasteiger partial charge in [-0.25, -0.2) is 0 Å². The Morgan fingerprint density at radius 1 is 0.968 bits per heavy atom. The number of hydrogen-bond acceptors (Lipinski definition) is 3. The quantitative estimate of drug-likeness (QED) is 0.373. The number of fused-ring (bicyclic) bond motifs is 1. The van der Waals surface area contributed by atoms with Crippen LogP contribution in [0.25, 0.3) is 10.9 Å². The van der Waals surface area contributed by atoms with E-state index < -0.39 is 0 Å². The molecule has 5 nitrogen and oxygen atoms in total. The van der Waals surface area contributed by atoms with Gasteiger partial charge in [-0.15, -0.1) is 0 Å². The molecule has 0 radical (unpaired) electrons. The average molecular weight is 479 g/mol. The molecule has 0 saturated carbocycles. The van der Waals surface area contributed by atoms with Crippen molar-refractivity contribution in [3.05, 3.63) is 88.5 Å². The summed E-state index contributed by atoms with van der Waals surface area (Å²) in [6.07, 6.45) is 2.35. The first-order valence-corrected chi connectivity index (χ1v) is 10.7. The normalized spacial score (nSPS) is 10.8. The molecule has 0 bridgehead atoms. The van der Waals surface area contributed by atoms with Crippen LogP contribution in [0.2, 0.25) is 0 Å². The highest BCUT2D eigenvalue weighted by Crippen LogP contribution is 2.27. The topological polar surface area (TPSA) is 52.5 Å².